The molecule has 1 aromatic carbocycles. The molecular formula is C22H36N4P2. The van der Waals surface area contributed by atoms with Crippen molar-refractivity contribution in [3.8, 4) is 0 Å². The van der Waals surface area contributed by atoms with Crippen LogP contribution in [0.3, 0.4) is 0 Å². The Morgan fingerprint density at radius 2 is 0.857 bits per heavy atom. The summed E-state index contributed by atoms with van der Waals surface area (Å²) in [6, 6.07) is 12.5. The molecule has 2 heterocycles. The molecule has 4 atom stereocenters. The van der Waals surface area contributed by atoms with E-state index >= 15 is 0 Å². The van der Waals surface area contributed by atoms with Gasteiger partial charge in [-0.05, 0) is 53.9 Å². The quantitative estimate of drug-likeness (QED) is 0.675. The zero-order chi connectivity index (χ0) is 19.4. The van der Waals surface area contributed by atoms with Gasteiger partial charge in [-0.2, -0.15) is 0 Å². The number of likely N-dealkylation sites (N-methyl/N-ethyl adjacent to an activating group) is 4. The molecule has 0 unspecified atom stereocenters. The average molecular weight is 419 g/mol. The molecular weight excluding hydrogens is 382 g/mol. The molecule has 1 aromatic rings. The topological polar surface area (TPSA) is 13.0 Å². The molecule has 4 fully saturated rings. The lowest BCUT2D eigenvalue weighted by atomic mass is 9.91. The number of nitrogens with zero attached hydrogens (tertiary/aromatic N) is 4. The first-order chi connectivity index (χ1) is 13.6. The molecule has 2 saturated carbocycles. The third-order valence-electron chi connectivity index (χ3n) is 7.82. The summed E-state index contributed by atoms with van der Waals surface area (Å²) in [5, 5.41) is 3.25. The molecule has 4 nitrogen and oxygen atoms in total. The lowest BCUT2D eigenvalue weighted by Gasteiger charge is -2.33. The molecule has 0 aromatic heterocycles. The van der Waals surface area contributed by atoms with Crippen LogP contribution in [0, 0.1) is 0 Å². The minimum absolute atomic E-state index is 0.380. The van der Waals surface area contributed by atoms with Gasteiger partial charge in [-0.25, -0.2) is 0 Å². The van der Waals surface area contributed by atoms with Gasteiger partial charge in [0.15, 0.2) is 0 Å². The largest absolute Gasteiger partial charge is 0.265 e. The standard InChI is InChI=1S/C22H36N4P2/c1-23-17-11-5-6-12-18(17)24(2)27(23)21-15-9-10-16-22(21)28-25(3)19-13-7-8-14-20(19)26(28)4/h9-10,15-20H,5-8,11-14H2,1-4H3/t17-,18-,19-,20-/m1/s1. The summed E-state index contributed by atoms with van der Waals surface area (Å²) in [4.78, 5) is 0. The van der Waals surface area contributed by atoms with Crippen molar-refractivity contribution in [2.24, 2.45) is 0 Å². The second kappa shape index (κ2) is 7.88. The molecule has 28 heavy (non-hydrogen) atoms. The summed E-state index contributed by atoms with van der Waals surface area (Å²) in [5.74, 6) is 0. The maximum absolute atomic E-state index is 2.76. The van der Waals surface area contributed by atoms with Crippen molar-refractivity contribution in [3.05, 3.63) is 24.3 Å². The molecule has 0 bridgehead atoms. The minimum atomic E-state index is -0.380. The highest BCUT2D eigenvalue weighted by molar-refractivity contribution is 7.67. The Morgan fingerprint density at radius 1 is 0.571 bits per heavy atom. The molecule has 6 heteroatoms. The summed E-state index contributed by atoms with van der Waals surface area (Å²) >= 11 is 0. The van der Waals surface area contributed by atoms with E-state index in [4.69, 9.17) is 0 Å². The Labute approximate surface area is 174 Å². The fourth-order valence-electron chi connectivity index (χ4n) is 6.42. The van der Waals surface area contributed by atoms with Gasteiger partial charge in [0.25, 0.3) is 0 Å². The van der Waals surface area contributed by atoms with Crippen molar-refractivity contribution in [3.63, 3.8) is 0 Å². The monoisotopic (exact) mass is 418 g/mol. The van der Waals surface area contributed by atoms with Crippen molar-refractivity contribution in [1.29, 1.82) is 0 Å². The Bertz CT molecular complexity index is 621. The molecule has 154 valence electrons. The lowest BCUT2D eigenvalue weighted by molar-refractivity contribution is 0.233. The van der Waals surface area contributed by atoms with E-state index in [1.807, 2.05) is 0 Å². The van der Waals surface area contributed by atoms with Gasteiger partial charge < -0.3 is 0 Å². The predicted molar refractivity (Wildman–Crippen MR) is 123 cm³/mol. The zero-order valence-electron chi connectivity index (χ0n) is 18.0. The first-order valence-corrected chi connectivity index (χ1v) is 13.7. The van der Waals surface area contributed by atoms with Crippen LogP contribution in [-0.2, 0) is 0 Å². The fraction of sp³-hybridized carbons (Fsp3) is 0.727. The lowest BCUT2D eigenvalue weighted by Crippen LogP contribution is -2.37. The smallest absolute Gasteiger partial charge is 0.0733 e. The van der Waals surface area contributed by atoms with Gasteiger partial charge in [-0.1, -0.05) is 49.9 Å². The highest BCUT2D eigenvalue weighted by Crippen LogP contribution is 2.58. The summed E-state index contributed by atoms with van der Waals surface area (Å²) in [5.41, 5.74) is 0. The molecule has 2 aliphatic heterocycles. The number of hydrogen-bond donors (Lipinski definition) is 0. The predicted octanol–water partition coefficient (Wildman–Crippen LogP) is 3.94. The van der Waals surface area contributed by atoms with E-state index in [2.05, 4.69) is 71.1 Å². The normalized spacial score (nSPS) is 36.7. The van der Waals surface area contributed by atoms with Crippen LogP contribution in [0.5, 0.6) is 0 Å². The van der Waals surface area contributed by atoms with E-state index in [0.29, 0.717) is 0 Å². The number of rotatable bonds is 2. The Balaban J connectivity index is 1.51. The highest BCUT2D eigenvalue weighted by atomic mass is 31.1. The minimum Gasteiger partial charge on any atom is -0.265 e. The molecule has 2 aliphatic carbocycles. The number of hydrogen-bond acceptors (Lipinski definition) is 4. The van der Waals surface area contributed by atoms with Gasteiger partial charge in [-0.15, -0.1) is 0 Å². The summed E-state index contributed by atoms with van der Waals surface area (Å²) in [7, 11) is 8.87. The number of benzene rings is 1. The van der Waals surface area contributed by atoms with Crippen molar-refractivity contribution in [2.45, 2.75) is 75.5 Å². The zero-order valence-corrected chi connectivity index (χ0v) is 19.7. The summed E-state index contributed by atoms with van der Waals surface area (Å²) < 4.78 is 11.0. The van der Waals surface area contributed by atoms with Crippen LogP contribution >= 0.6 is 16.4 Å². The van der Waals surface area contributed by atoms with E-state index in [1.165, 1.54) is 51.4 Å². The van der Waals surface area contributed by atoms with Crippen molar-refractivity contribution in [2.75, 3.05) is 28.2 Å². The van der Waals surface area contributed by atoms with Crippen LogP contribution in [-0.4, -0.2) is 71.0 Å². The van der Waals surface area contributed by atoms with Crippen molar-refractivity contribution in [1.82, 2.24) is 18.7 Å². The Hall–Kier alpha value is -0.0800. The second-order valence-electron chi connectivity index (χ2n) is 9.20. The van der Waals surface area contributed by atoms with Crippen LogP contribution in [0.1, 0.15) is 51.4 Å². The van der Waals surface area contributed by atoms with Crippen molar-refractivity contribution < 1.29 is 0 Å². The third kappa shape index (κ3) is 3.03. The molecule has 0 N–H and O–H groups in total. The van der Waals surface area contributed by atoms with E-state index < -0.39 is 0 Å². The molecule has 0 radical (unpaired) electrons. The van der Waals surface area contributed by atoms with Crippen LogP contribution in [0.15, 0.2) is 24.3 Å². The molecule has 0 amide bonds. The molecule has 4 aliphatic rings. The first kappa shape index (κ1) is 19.9. The van der Waals surface area contributed by atoms with Gasteiger partial charge in [0.05, 0.1) is 16.4 Å². The fourth-order valence-corrected chi connectivity index (χ4v) is 12.4. The number of fused-ring (bicyclic) bond motifs is 2. The molecule has 2 saturated heterocycles. The van der Waals surface area contributed by atoms with Gasteiger partial charge in [0.1, 0.15) is 0 Å². The van der Waals surface area contributed by atoms with Gasteiger partial charge in [-0.3, -0.25) is 18.7 Å². The summed E-state index contributed by atoms with van der Waals surface area (Å²) in [6.45, 7) is 0. The SMILES string of the molecule is CN1[C@@H]2CCCC[C@H]2N(C)P1c1ccccc1P1N(C)[C@@H]2CCCC[C@H]2N1C. The van der Waals surface area contributed by atoms with E-state index in [1.54, 1.807) is 10.6 Å². The third-order valence-corrected chi connectivity index (χ3v) is 13.2. The summed E-state index contributed by atoms with van der Waals surface area (Å²) in [6.07, 6.45) is 11.2. The van der Waals surface area contributed by atoms with E-state index in [-0.39, 0.29) is 16.4 Å². The van der Waals surface area contributed by atoms with Gasteiger partial charge >= 0.3 is 0 Å². The van der Waals surface area contributed by atoms with Crippen LogP contribution in [0.2, 0.25) is 0 Å². The van der Waals surface area contributed by atoms with Crippen LogP contribution < -0.4 is 10.6 Å². The Morgan fingerprint density at radius 3 is 1.14 bits per heavy atom. The average Bonchev–Trinajstić information content (AvgIpc) is 3.13. The van der Waals surface area contributed by atoms with E-state index in [0.717, 1.165) is 24.2 Å². The first-order valence-electron chi connectivity index (χ1n) is 11.2. The molecule has 0 spiro atoms. The van der Waals surface area contributed by atoms with Gasteiger partial charge in [0.2, 0.25) is 0 Å². The van der Waals surface area contributed by atoms with Gasteiger partial charge in [0, 0.05) is 34.8 Å². The maximum Gasteiger partial charge on any atom is 0.0733 e. The second-order valence-corrected chi connectivity index (χ2v) is 13.8. The maximum atomic E-state index is 2.76. The molecule has 5 rings (SSSR count). The van der Waals surface area contributed by atoms with E-state index in [9.17, 15) is 0 Å². The Kier molecular flexibility index (Phi) is 5.59. The van der Waals surface area contributed by atoms with Crippen molar-refractivity contribution >= 4 is 27.1 Å². The van der Waals surface area contributed by atoms with Crippen LogP contribution in [0.25, 0.3) is 0 Å². The highest BCUT2D eigenvalue weighted by Gasteiger charge is 2.49. The van der Waals surface area contributed by atoms with Crippen LogP contribution in [0.4, 0.5) is 0 Å².